The average Bonchev–Trinajstić information content (AvgIpc) is 2.66. The second kappa shape index (κ2) is 9.72. The van der Waals surface area contributed by atoms with Crippen molar-refractivity contribution < 1.29 is 22.7 Å². The van der Waals surface area contributed by atoms with Gasteiger partial charge < -0.3 is 4.74 Å². The Bertz CT molecular complexity index is 849. The van der Waals surface area contributed by atoms with Gasteiger partial charge in [0.2, 0.25) is 0 Å². The van der Waals surface area contributed by atoms with Crippen molar-refractivity contribution in [2.75, 3.05) is 13.7 Å². The van der Waals surface area contributed by atoms with E-state index >= 15 is 0 Å². The molecule has 0 atom stereocenters. The number of aromatic nitrogens is 1. The van der Waals surface area contributed by atoms with Crippen molar-refractivity contribution in [1.82, 2.24) is 9.88 Å². The van der Waals surface area contributed by atoms with Gasteiger partial charge in [-0.1, -0.05) is 23.3 Å². The van der Waals surface area contributed by atoms with E-state index in [1.807, 2.05) is 0 Å². The maximum Gasteiger partial charge on any atom is 0.416 e. The molecule has 0 unspecified atom stereocenters. The van der Waals surface area contributed by atoms with Crippen LogP contribution in [0.5, 0.6) is 0 Å². The van der Waals surface area contributed by atoms with Crippen LogP contribution < -0.4 is 0 Å². The minimum Gasteiger partial charge on any atom is -0.468 e. The minimum atomic E-state index is -4.40. The van der Waals surface area contributed by atoms with E-state index in [1.165, 1.54) is 19.2 Å². The summed E-state index contributed by atoms with van der Waals surface area (Å²) in [6.45, 7) is 0.537. The number of rotatable bonds is 8. The van der Waals surface area contributed by atoms with Crippen LogP contribution in [-0.4, -0.2) is 29.5 Å². The van der Waals surface area contributed by atoms with Crippen molar-refractivity contribution in [2.24, 2.45) is 5.11 Å². The Morgan fingerprint density at radius 2 is 1.86 bits per heavy atom. The summed E-state index contributed by atoms with van der Waals surface area (Å²) in [5, 5.41) is 3.46. The Morgan fingerprint density at radius 1 is 1.18 bits per heavy atom. The zero-order valence-electron chi connectivity index (χ0n) is 15.1. The van der Waals surface area contributed by atoms with Gasteiger partial charge >= 0.3 is 12.1 Å². The third-order valence-corrected chi connectivity index (χ3v) is 3.81. The summed E-state index contributed by atoms with van der Waals surface area (Å²) in [6.07, 6.45) is -4.40. The number of esters is 1. The van der Waals surface area contributed by atoms with E-state index in [4.69, 9.17) is 10.3 Å². The first-order chi connectivity index (χ1) is 13.3. The fourth-order valence-electron chi connectivity index (χ4n) is 2.51. The molecule has 10 heteroatoms. The standard InChI is InChI=1S/C18H18F3N5O2/c1-28-17(27)12-26(10-13-5-7-14(8-6-13)18(19,20)21)11-16-4-2-3-15(24-16)9-23-25-22/h2-8H,9-12H2,1H3. The van der Waals surface area contributed by atoms with Gasteiger partial charge in [0.1, 0.15) is 0 Å². The topological polar surface area (TPSA) is 91.2 Å². The summed E-state index contributed by atoms with van der Waals surface area (Å²) >= 11 is 0. The number of nitrogens with zero attached hydrogens (tertiary/aromatic N) is 5. The molecule has 0 aliphatic carbocycles. The van der Waals surface area contributed by atoms with E-state index in [1.54, 1.807) is 23.1 Å². The van der Waals surface area contributed by atoms with E-state index in [2.05, 4.69) is 15.0 Å². The van der Waals surface area contributed by atoms with Crippen LogP contribution in [0.4, 0.5) is 13.2 Å². The maximum absolute atomic E-state index is 12.7. The molecule has 0 spiro atoms. The second-order valence-electron chi connectivity index (χ2n) is 5.93. The van der Waals surface area contributed by atoms with Crippen LogP contribution in [0.3, 0.4) is 0 Å². The van der Waals surface area contributed by atoms with Crippen molar-refractivity contribution in [2.45, 2.75) is 25.8 Å². The molecule has 1 aromatic heterocycles. The van der Waals surface area contributed by atoms with Crippen LogP contribution in [0.15, 0.2) is 47.6 Å². The van der Waals surface area contributed by atoms with E-state index in [-0.39, 0.29) is 26.2 Å². The first kappa shape index (κ1) is 21.2. The number of ether oxygens (including phenoxy) is 1. The summed E-state index contributed by atoms with van der Waals surface area (Å²) < 4.78 is 42.8. The smallest absolute Gasteiger partial charge is 0.416 e. The summed E-state index contributed by atoms with van der Waals surface area (Å²) in [6, 6.07) is 9.96. The molecule has 0 saturated carbocycles. The van der Waals surface area contributed by atoms with Gasteiger partial charge in [-0.25, -0.2) is 0 Å². The van der Waals surface area contributed by atoms with Crippen LogP contribution in [0.1, 0.15) is 22.5 Å². The number of hydrogen-bond acceptors (Lipinski definition) is 5. The molecule has 28 heavy (non-hydrogen) atoms. The van der Waals surface area contributed by atoms with Gasteiger partial charge in [0.15, 0.2) is 0 Å². The van der Waals surface area contributed by atoms with Crippen molar-refractivity contribution in [3.8, 4) is 0 Å². The lowest BCUT2D eigenvalue weighted by Gasteiger charge is -2.21. The Labute approximate surface area is 159 Å². The maximum atomic E-state index is 12.7. The summed E-state index contributed by atoms with van der Waals surface area (Å²) in [5.74, 6) is -0.475. The Balaban J connectivity index is 2.15. The minimum absolute atomic E-state index is 0.0558. The molecule has 0 aliphatic rings. The third-order valence-electron chi connectivity index (χ3n) is 3.81. The molecule has 1 heterocycles. The van der Waals surface area contributed by atoms with Crippen molar-refractivity contribution in [3.05, 3.63) is 75.4 Å². The molecule has 0 fully saturated rings. The highest BCUT2D eigenvalue weighted by molar-refractivity contribution is 5.71. The van der Waals surface area contributed by atoms with Crippen LogP contribution in [0, 0.1) is 0 Å². The van der Waals surface area contributed by atoms with Crippen LogP contribution in [-0.2, 0) is 35.3 Å². The van der Waals surface area contributed by atoms with Gasteiger partial charge in [0.25, 0.3) is 0 Å². The SMILES string of the molecule is COC(=O)CN(Cc1ccc(C(F)(F)F)cc1)Cc1cccc(CN=[N+]=[N-])n1. The quantitative estimate of drug-likeness (QED) is 0.292. The molecule has 7 nitrogen and oxygen atoms in total. The lowest BCUT2D eigenvalue weighted by molar-refractivity contribution is -0.142. The highest BCUT2D eigenvalue weighted by atomic mass is 19.4. The predicted molar refractivity (Wildman–Crippen MR) is 94.7 cm³/mol. The molecular weight excluding hydrogens is 375 g/mol. The summed E-state index contributed by atoms with van der Waals surface area (Å²) in [7, 11) is 1.26. The van der Waals surface area contributed by atoms with Gasteiger partial charge in [-0.05, 0) is 35.4 Å². The molecular formula is C18H18F3N5O2. The van der Waals surface area contributed by atoms with Crippen molar-refractivity contribution in [3.63, 3.8) is 0 Å². The third kappa shape index (κ3) is 6.57. The normalized spacial score (nSPS) is 11.2. The summed E-state index contributed by atoms with van der Waals surface area (Å²) in [5.41, 5.74) is 9.48. The van der Waals surface area contributed by atoms with Crippen molar-refractivity contribution >= 4 is 5.97 Å². The first-order valence-corrected chi connectivity index (χ1v) is 8.23. The first-order valence-electron chi connectivity index (χ1n) is 8.23. The number of carbonyl (C=O) groups excluding carboxylic acids is 1. The number of hydrogen-bond donors (Lipinski definition) is 0. The number of benzene rings is 1. The zero-order chi connectivity index (χ0) is 20.6. The molecule has 1 aromatic carbocycles. The monoisotopic (exact) mass is 393 g/mol. The number of methoxy groups -OCH3 is 1. The zero-order valence-corrected chi connectivity index (χ0v) is 15.1. The number of azide groups is 1. The van der Waals surface area contributed by atoms with Crippen molar-refractivity contribution in [1.29, 1.82) is 0 Å². The molecule has 0 amide bonds. The summed E-state index contributed by atoms with van der Waals surface area (Å²) in [4.78, 5) is 20.5. The molecule has 2 rings (SSSR count). The molecule has 0 saturated heterocycles. The van der Waals surface area contributed by atoms with Crippen LogP contribution in [0.25, 0.3) is 10.4 Å². The fourth-order valence-corrected chi connectivity index (χ4v) is 2.51. The fraction of sp³-hybridized carbons (Fsp3) is 0.333. The van der Waals surface area contributed by atoms with E-state index in [0.717, 1.165) is 12.1 Å². The number of carbonyl (C=O) groups is 1. The lowest BCUT2D eigenvalue weighted by Crippen LogP contribution is -2.30. The van der Waals surface area contributed by atoms with Gasteiger partial charge in [-0.2, -0.15) is 13.2 Å². The Morgan fingerprint density at radius 3 is 2.46 bits per heavy atom. The molecule has 0 bridgehead atoms. The Kier molecular flexibility index (Phi) is 7.36. The lowest BCUT2D eigenvalue weighted by atomic mass is 10.1. The molecule has 2 aromatic rings. The largest absolute Gasteiger partial charge is 0.468 e. The number of halogens is 3. The van der Waals surface area contributed by atoms with Crippen LogP contribution >= 0.6 is 0 Å². The second-order valence-corrected chi connectivity index (χ2v) is 5.93. The van der Waals surface area contributed by atoms with E-state index in [0.29, 0.717) is 17.0 Å². The van der Waals surface area contributed by atoms with Crippen LogP contribution in [0.2, 0.25) is 0 Å². The van der Waals surface area contributed by atoms with Gasteiger partial charge in [0, 0.05) is 23.7 Å². The highest BCUT2D eigenvalue weighted by Crippen LogP contribution is 2.29. The number of pyridine rings is 1. The molecule has 0 aliphatic heterocycles. The molecule has 0 radical (unpaired) electrons. The van der Waals surface area contributed by atoms with E-state index in [9.17, 15) is 18.0 Å². The average molecular weight is 393 g/mol. The van der Waals surface area contributed by atoms with Gasteiger partial charge in [-0.15, -0.1) is 0 Å². The predicted octanol–water partition coefficient (Wildman–Crippen LogP) is 4.09. The number of alkyl halides is 3. The Hall–Kier alpha value is -3.10. The molecule has 148 valence electrons. The highest BCUT2D eigenvalue weighted by Gasteiger charge is 2.30. The molecule has 0 N–H and O–H groups in total. The van der Waals surface area contributed by atoms with E-state index < -0.39 is 17.7 Å². The van der Waals surface area contributed by atoms with Gasteiger partial charge in [0.05, 0.1) is 31.5 Å². The van der Waals surface area contributed by atoms with Gasteiger partial charge in [-0.3, -0.25) is 14.7 Å².